The molecular formula is C14H24N2O5. The molecule has 1 saturated heterocycles. The average Bonchev–Trinajstić information content (AvgIpc) is 2.36. The lowest BCUT2D eigenvalue weighted by atomic mass is 9.96. The maximum atomic E-state index is 12.0. The van der Waals surface area contributed by atoms with Gasteiger partial charge in [0, 0.05) is 31.5 Å². The van der Waals surface area contributed by atoms with E-state index in [0.717, 1.165) is 0 Å². The van der Waals surface area contributed by atoms with Gasteiger partial charge in [-0.15, -0.1) is 0 Å². The van der Waals surface area contributed by atoms with Gasteiger partial charge in [-0.1, -0.05) is 20.8 Å². The number of carboxylic acids is 1. The molecule has 0 aromatic carbocycles. The van der Waals surface area contributed by atoms with E-state index >= 15 is 0 Å². The van der Waals surface area contributed by atoms with Crippen molar-refractivity contribution in [3.63, 3.8) is 0 Å². The van der Waals surface area contributed by atoms with Crippen LogP contribution >= 0.6 is 0 Å². The number of nitrogens with zero attached hydrogens (tertiary/aromatic N) is 1. The topological polar surface area (TPSA) is 95.9 Å². The second-order valence-electron chi connectivity index (χ2n) is 6.19. The summed E-state index contributed by atoms with van der Waals surface area (Å²) in [4.78, 5) is 36.0. The first-order chi connectivity index (χ1) is 9.70. The van der Waals surface area contributed by atoms with Crippen molar-refractivity contribution >= 4 is 17.8 Å². The zero-order valence-electron chi connectivity index (χ0n) is 12.8. The van der Waals surface area contributed by atoms with Gasteiger partial charge in [0.05, 0.1) is 19.1 Å². The van der Waals surface area contributed by atoms with Crippen molar-refractivity contribution in [3.05, 3.63) is 0 Å². The third-order valence-electron chi connectivity index (χ3n) is 3.20. The minimum absolute atomic E-state index is 0.0945. The smallest absolute Gasteiger partial charge is 0.306 e. The summed E-state index contributed by atoms with van der Waals surface area (Å²) in [7, 11) is 0. The van der Waals surface area contributed by atoms with E-state index in [2.05, 4.69) is 5.32 Å². The van der Waals surface area contributed by atoms with E-state index in [1.54, 1.807) is 4.90 Å². The van der Waals surface area contributed by atoms with Crippen LogP contribution < -0.4 is 5.32 Å². The molecule has 1 heterocycles. The van der Waals surface area contributed by atoms with E-state index < -0.39 is 17.5 Å². The summed E-state index contributed by atoms with van der Waals surface area (Å²) in [6.07, 6.45) is -0.351. The van der Waals surface area contributed by atoms with Gasteiger partial charge >= 0.3 is 5.97 Å². The van der Waals surface area contributed by atoms with Crippen LogP contribution in [0.15, 0.2) is 0 Å². The zero-order chi connectivity index (χ0) is 16.0. The number of hydrogen-bond donors (Lipinski definition) is 2. The van der Waals surface area contributed by atoms with Gasteiger partial charge in [-0.3, -0.25) is 14.4 Å². The van der Waals surface area contributed by atoms with Crippen LogP contribution in [0.25, 0.3) is 0 Å². The highest BCUT2D eigenvalue weighted by atomic mass is 16.5. The highest BCUT2D eigenvalue weighted by molar-refractivity contribution is 5.82. The number of aliphatic carboxylic acids is 1. The average molecular weight is 300 g/mol. The van der Waals surface area contributed by atoms with Crippen molar-refractivity contribution < 1.29 is 24.2 Å². The number of nitrogens with one attached hydrogen (secondary N) is 1. The van der Waals surface area contributed by atoms with Crippen LogP contribution in [0.5, 0.6) is 0 Å². The first kappa shape index (κ1) is 17.4. The Morgan fingerprint density at radius 3 is 2.57 bits per heavy atom. The standard InChI is InChI=1S/C14H24N2O5/c1-14(2,3)13(20)15-5-4-11(17)16-6-7-21-10(9-16)8-12(18)19/h10H,4-9H2,1-3H3,(H,15,20)(H,18,19). The molecule has 0 bridgehead atoms. The molecule has 1 atom stereocenters. The van der Waals surface area contributed by atoms with E-state index in [-0.39, 0.29) is 31.2 Å². The molecule has 1 rings (SSSR count). The predicted molar refractivity (Wildman–Crippen MR) is 75.7 cm³/mol. The molecular weight excluding hydrogens is 276 g/mol. The molecule has 0 saturated carbocycles. The van der Waals surface area contributed by atoms with Crippen LogP contribution in [0.3, 0.4) is 0 Å². The first-order valence-electron chi connectivity index (χ1n) is 7.09. The molecule has 1 aliphatic rings. The second kappa shape index (κ2) is 7.40. The van der Waals surface area contributed by atoms with Gasteiger partial charge in [0.25, 0.3) is 0 Å². The lowest BCUT2D eigenvalue weighted by molar-refractivity contribution is -0.147. The largest absolute Gasteiger partial charge is 0.481 e. The third kappa shape index (κ3) is 6.12. The van der Waals surface area contributed by atoms with Crippen molar-refractivity contribution in [3.8, 4) is 0 Å². The minimum Gasteiger partial charge on any atom is -0.481 e. The van der Waals surface area contributed by atoms with Gasteiger partial charge in [-0.2, -0.15) is 0 Å². The molecule has 0 aromatic heterocycles. The molecule has 1 unspecified atom stereocenters. The quantitative estimate of drug-likeness (QED) is 0.758. The maximum absolute atomic E-state index is 12.0. The van der Waals surface area contributed by atoms with Gasteiger partial charge in [0.15, 0.2) is 0 Å². The molecule has 120 valence electrons. The van der Waals surface area contributed by atoms with E-state index in [9.17, 15) is 14.4 Å². The Balaban J connectivity index is 2.35. The molecule has 2 N–H and O–H groups in total. The number of carboxylic acid groups (broad SMARTS) is 1. The van der Waals surface area contributed by atoms with E-state index in [4.69, 9.17) is 9.84 Å². The fourth-order valence-electron chi connectivity index (χ4n) is 1.97. The molecule has 0 aliphatic carbocycles. The lowest BCUT2D eigenvalue weighted by Gasteiger charge is -2.32. The Hall–Kier alpha value is -1.63. The molecule has 0 radical (unpaired) electrons. The first-order valence-corrected chi connectivity index (χ1v) is 7.09. The van der Waals surface area contributed by atoms with Crippen LogP contribution in [-0.2, 0) is 19.1 Å². The van der Waals surface area contributed by atoms with E-state index in [1.807, 2.05) is 20.8 Å². The molecule has 0 aromatic rings. The molecule has 1 aliphatic heterocycles. The molecule has 0 spiro atoms. The molecule has 7 nitrogen and oxygen atoms in total. The summed E-state index contributed by atoms with van der Waals surface area (Å²) in [6.45, 7) is 6.81. The highest BCUT2D eigenvalue weighted by Crippen LogP contribution is 2.13. The fraction of sp³-hybridized carbons (Fsp3) is 0.786. The number of ether oxygens (including phenoxy) is 1. The Morgan fingerprint density at radius 1 is 1.33 bits per heavy atom. The Bertz CT molecular complexity index is 403. The number of amides is 2. The van der Waals surface area contributed by atoms with Crippen LogP contribution in [0.2, 0.25) is 0 Å². The summed E-state index contributed by atoms with van der Waals surface area (Å²) in [5, 5.41) is 11.5. The molecule has 1 fully saturated rings. The summed E-state index contributed by atoms with van der Waals surface area (Å²) < 4.78 is 5.31. The van der Waals surface area contributed by atoms with Crippen molar-refractivity contribution in [1.29, 1.82) is 0 Å². The summed E-state index contributed by atoms with van der Waals surface area (Å²) >= 11 is 0. The van der Waals surface area contributed by atoms with Crippen molar-refractivity contribution in [2.45, 2.75) is 39.7 Å². The van der Waals surface area contributed by atoms with Gasteiger partial charge in [-0.25, -0.2) is 0 Å². The Labute approximate surface area is 124 Å². The second-order valence-corrected chi connectivity index (χ2v) is 6.19. The fourth-order valence-corrected chi connectivity index (χ4v) is 1.97. The number of hydrogen-bond acceptors (Lipinski definition) is 4. The summed E-state index contributed by atoms with van der Waals surface area (Å²) in [5.41, 5.74) is -0.478. The van der Waals surface area contributed by atoms with Crippen LogP contribution in [0.1, 0.15) is 33.6 Å². The van der Waals surface area contributed by atoms with Gasteiger partial charge in [-0.05, 0) is 0 Å². The maximum Gasteiger partial charge on any atom is 0.306 e. The lowest BCUT2D eigenvalue weighted by Crippen LogP contribution is -2.47. The van der Waals surface area contributed by atoms with Gasteiger partial charge in [0.1, 0.15) is 0 Å². The molecule has 21 heavy (non-hydrogen) atoms. The van der Waals surface area contributed by atoms with Crippen molar-refractivity contribution in [2.24, 2.45) is 5.41 Å². The number of rotatable bonds is 5. The number of carbonyl (C=O) groups is 3. The van der Waals surface area contributed by atoms with E-state index in [1.165, 1.54) is 0 Å². The monoisotopic (exact) mass is 300 g/mol. The van der Waals surface area contributed by atoms with Crippen LogP contribution in [0, 0.1) is 5.41 Å². The van der Waals surface area contributed by atoms with E-state index in [0.29, 0.717) is 19.7 Å². The minimum atomic E-state index is -0.938. The Kier molecular flexibility index (Phi) is 6.14. The van der Waals surface area contributed by atoms with Crippen LogP contribution in [0.4, 0.5) is 0 Å². The summed E-state index contributed by atoms with van der Waals surface area (Å²) in [5.74, 6) is -1.13. The van der Waals surface area contributed by atoms with Crippen molar-refractivity contribution in [2.75, 3.05) is 26.2 Å². The number of carbonyl (C=O) groups excluding carboxylic acids is 2. The number of morpholine rings is 1. The normalized spacial score (nSPS) is 19.2. The van der Waals surface area contributed by atoms with Crippen molar-refractivity contribution in [1.82, 2.24) is 10.2 Å². The SMILES string of the molecule is CC(C)(C)C(=O)NCCC(=O)N1CCOC(CC(=O)O)C1. The third-order valence-corrected chi connectivity index (χ3v) is 3.20. The zero-order valence-corrected chi connectivity index (χ0v) is 12.8. The summed E-state index contributed by atoms with van der Waals surface area (Å²) in [6, 6.07) is 0. The highest BCUT2D eigenvalue weighted by Gasteiger charge is 2.26. The van der Waals surface area contributed by atoms with Gasteiger partial charge < -0.3 is 20.1 Å². The molecule has 2 amide bonds. The Morgan fingerprint density at radius 2 is 2.00 bits per heavy atom. The molecule has 7 heteroatoms. The predicted octanol–water partition coefficient (Wildman–Crippen LogP) is 0.241. The van der Waals surface area contributed by atoms with Crippen LogP contribution in [-0.4, -0.2) is 60.1 Å². The van der Waals surface area contributed by atoms with Gasteiger partial charge in [0.2, 0.25) is 11.8 Å².